The summed E-state index contributed by atoms with van der Waals surface area (Å²) in [7, 11) is 0. The van der Waals surface area contributed by atoms with Crippen molar-refractivity contribution in [3.05, 3.63) is 23.0 Å². The van der Waals surface area contributed by atoms with Gasteiger partial charge in [0.05, 0.1) is 0 Å². The zero-order valence-electron chi connectivity index (χ0n) is 5.48. The van der Waals surface area contributed by atoms with Gasteiger partial charge in [0.15, 0.2) is 5.49 Å². The molecule has 0 saturated heterocycles. The lowest BCUT2D eigenvalue weighted by molar-refractivity contribution is 0.256. The van der Waals surface area contributed by atoms with Crippen molar-refractivity contribution in [1.29, 1.82) is 0 Å². The van der Waals surface area contributed by atoms with E-state index in [1.54, 1.807) is 12.1 Å². The van der Waals surface area contributed by atoms with Gasteiger partial charge in [-0.05, 0) is 12.1 Å². The molecule has 0 atom stereocenters. The average Bonchev–Trinajstić information content (AvgIpc) is 2.27. The Kier molecular flexibility index (Phi) is 1.00. The number of aromatic nitrogens is 1. The molecule has 1 aromatic rings. The molecule has 0 saturated carbocycles. The molecule has 2 amide bonds. The molecular weight excluding hydrogens is 144 g/mol. The normalized spacial score (nSPS) is 13.6. The molecule has 1 aromatic heterocycles. The summed E-state index contributed by atoms with van der Waals surface area (Å²) in [6.45, 7) is 0. The predicted molar refractivity (Wildman–Crippen MR) is 36.4 cm³/mol. The zero-order valence-corrected chi connectivity index (χ0v) is 5.48. The molecule has 1 aliphatic rings. The fourth-order valence-electron chi connectivity index (χ4n) is 0.844. The lowest BCUT2D eigenvalue weighted by atomic mass is 10.4. The van der Waals surface area contributed by atoms with E-state index in [4.69, 9.17) is 5.73 Å². The van der Waals surface area contributed by atoms with Gasteiger partial charge in [0.25, 0.3) is 0 Å². The van der Waals surface area contributed by atoms with Crippen LogP contribution in [-0.4, -0.2) is 11.0 Å². The molecule has 0 aromatic carbocycles. The lowest BCUT2D eigenvalue weighted by Gasteiger charge is -1.84. The number of carbonyl (C=O) groups is 1. The van der Waals surface area contributed by atoms with Crippen LogP contribution in [-0.2, 0) is 0 Å². The molecule has 0 fully saturated rings. The van der Waals surface area contributed by atoms with Crippen LogP contribution in [0.4, 0.5) is 10.6 Å². The van der Waals surface area contributed by atoms with E-state index in [0.29, 0.717) is 16.7 Å². The summed E-state index contributed by atoms with van der Waals surface area (Å²) >= 11 is 0. The van der Waals surface area contributed by atoms with E-state index in [1.165, 1.54) is 0 Å². The number of urea groups is 1. The van der Waals surface area contributed by atoms with Crippen LogP contribution in [0.5, 0.6) is 0 Å². The van der Waals surface area contributed by atoms with E-state index >= 15 is 0 Å². The molecule has 11 heavy (non-hydrogen) atoms. The summed E-state index contributed by atoms with van der Waals surface area (Å²) in [6, 6.07) is 2.68. The van der Waals surface area contributed by atoms with Crippen molar-refractivity contribution in [2.75, 3.05) is 5.73 Å². The molecule has 2 N–H and O–H groups in total. The summed E-state index contributed by atoms with van der Waals surface area (Å²) < 4.78 is 0. The quantitative estimate of drug-likeness (QED) is 0.514. The van der Waals surface area contributed by atoms with E-state index in [0.717, 1.165) is 0 Å². The Morgan fingerprint density at radius 2 is 2.09 bits per heavy atom. The van der Waals surface area contributed by atoms with Crippen molar-refractivity contribution in [2.45, 2.75) is 0 Å². The predicted octanol–water partition coefficient (Wildman–Crippen LogP) is -0.963. The minimum atomic E-state index is -0.516. The maximum Gasteiger partial charge on any atom is 0.369 e. The number of anilines is 1. The van der Waals surface area contributed by atoms with Gasteiger partial charge in [-0.25, -0.2) is 9.78 Å². The highest BCUT2D eigenvalue weighted by molar-refractivity contribution is 5.77. The second-order valence-electron chi connectivity index (χ2n) is 2.09. The third-order valence-corrected chi connectivity index (χ3v) is 1.29. The van der Waals surface area contributed by atoms with Crippen molar-refractivity contribution < 1.29 is 4.79 Å². The van der Waals surface area contributed by atoms with Crippen molar-refractivity contribution in [2.24, 2.45) is 9.98 Å². The van der Waals surface area contributed by atoms with Crippen LogP contribution in [0, 0.1) is 0 Å². The van der Waals surface area contributed by atoms with Crippen molar-refractivity contribution in [3.63, 3.8) is 0 Å². The monoisotopic (exact) mass is 148 g/mol. The van der Waals surface area contributed by atoms with Crippen molar-refractivity contribution in [3.8, 4) is 0 Å². The van der Waals surface area contributed by atoms with Gasteiger partial charge in [0.1, 0.15) is 11.2 Å². The highest BCUT2D eigenvalue weighted by Gasteiger charge is 2.04. The summed E-state index contributed by atoms with van der Waals surface area (Å²) in [5.74, 6) is 0.345. The fraction of sp³-hybridized carbons (Fsp3) is 0. The molecule has 0 radical (unpaired) electrons. The molecule has 5 heteroatoms. The zero-order chi connectivity index (χ0) is 7.84. The van der Waals surface area contributed by atoms with Crippen LogP contribution in [0.25, 0.3) is 0 Å². The van der Waals surface area contributed by atoms with Gasteiger partial charge in [-0.15, -0.1) is 0 Å². The van der Waals surface area contributed by atoms with Crippen molar-refractivity contribution >= 4 is 11.8 Å². The van der Waals surface area contributed by atoms with Crippen LogP contribution >= 0.6 is 0 Å². The molecule has 1 aliphatic heterocycles. The van der Waals surface area contributed by atoms with E-state index in [1.807, 2.05) is 0 Å². The molecule has 2 heterocycles. The molecular formula is C6H4N4O. The third kappa shape index (κ3) is 0.861. The first-order valence-electron chi connectivity index (χ1n) is 3.00. The SMILES string of the molecule is Nc1ccc2c(n1)=NC(=O)N=2. The summed E-state index contributed by atoms with van der Waals surface area (Å²) in [4.78, 5) is 21.5. The smallest absolute Gasteiger partial charge is 0.369 e. The van der Waals surface area contributed by atoms with Crippen LogP contribution in [0.2, 0.25) is 0 Å². The summed E-state index contributed by atoms with van der Waals surface area (Å²) in [5, 5.41) is 0.490. The topological polar surface area (TPSA) is 80.7 Å². The molecule has 0 unspecified atom stereocenters. The highest BCUT2D eigenvalue weighted by atomic mass is 16.2. The standard InChI is InChI=1S/C6H4N4O/c7-4-2-1-3-5(9-4)10-6(11)8-3/h1-2H,(H2,7,9,10,11). The second-order valence-corrected chi connectivity index (χ2v) is 2.09. The van der Waals surface area contributed by atoms with Gasteiger partial charge >= 0.3 is 6.03 Å². The van der Waals surface area contributed by atoms with Crippen LogP contribution < -0.4 is 16.6 Å². The first-order chi connectivity index (χ1) is 5.25. The number of fused-ring (bicyclic) bond motifs is 1. The van der Waals surface area contributed by atoms with Gasteiger partial charge in [-0.3, -0.25) is 0 Å². The number of nitrogens with two attached hydrogens (primary N) is 1. The number of nitrogens with zero attached hydrogens (tertiary/aromatic N) is 3. The Balaban J connectivity index is 2.89. The largest absolute Gasteiger partial charge is 0.384 e. The third-order valence-electron chi connectivity index (χ3n) is 1.29. The Morgan fingerprint density at radius 3 is 2.91 bits per heavy atom. The Labute approximate surface area is 61.3 Å². The molecule has 0 aliphatic carbocycles. The van der Waals surface area contributed by atoms with Crippen molar-refractivity contribution in [1.82, 2.24) is 4.98 Å². The van der Waals surface area contributed by atoms with Gasteiger partial charge in [-0.1, -0.05) is 0 Å². The maximum absolute atomic E-state index is 10.6. The summed E-state index contributed by atoms with van der Waals surface area (Å²) in [6.07, 6.45) is 0. The van der Waals surface area contributed by atoms with Gasteiger partial charge < -0.3 is 5.73 Å². The van der Waals surface area contributed by atoms with Gasteiger partial charge in [-0.2, -0.15) is 9.98 Å². The number of rotatable bonds is 0. The van der Waals surface area contributed by atoms with Gasteiger partial charge in [0.2, 0.25) is 0 Å². The van der Waals surface area contributed by atoms with E-state index in [2.05, 4.69) is 15.0 Å². The van der Waals surface area contributed by atoms with Crippen LogP contribution in [0.1, 0.15) is 0 Å². The van der Waals surface area contributed by atoms with Crippen LogP contribution in [0.3, 0.4) is 0 Å². The van der Waals surface area contributed by atoms with Gasteiger partial charge in [0, 0.05) is 0 Å². The molecule has 0 spiro atoms. The minimum Gasteiger partial charge on any atom is -0.384 e. The number of hydrogen-bond donors (Lipinski definition) is 1. The molecule has 2 rings (SSSR count). The number of hydrogen-bond acceptors (Lipinski definition) is 3. The first-order valence-corrected chi connectivity index (χ1v) is 3.00. The molecule has 0 bridgehead atoms. The summed E-state index contributed by atoms with van der Waals surface area (Å²) in [5.41, 5.74) is 5.67. The molecule has 54 valence electrons. The highest BCUT2D eigenvalue weighted by Crippen LogP contribution is 1.88. The number of nitrogen functional groups attached to an aromatic ring is 1. The number of pyridine rings is 1. The minimum absolute atomic E-state index is 0.315. The fourth-order valence-corrected chi connectivity index (χ4v) is 0.844. The Hall–Kier alpha value is -1.78. The maximum atomic E-state index is 10.6. The molecule has 5 nitrogen and oxygen atoms in total. The average molecular weight is 148 g/mol. The van der Waals surface area contributed by atoms with Crippen LogP contribution in [0.15, 0.2) is 22.1 Å². The Morgan fingerprint density at radius 1 is 1.27 bits per heavy atom. The van der Waals surface area contributed by atoms with E-state index in [-0.39, 0.29) is 0 Å². The first kappa shape index (κ1) is 5.96. The van der Waals surface area contributed by atoms with E-state index in [9.17, 15) is 4.79 Å². The second kappa shape index (κ2) is 1.85. The Bertz CT molecular complexity index is 436. The lowest BCUT2D eigenvalue weighted by Crippen LogP contribution is -2.25. The van der Waals surface area contributed by atoms with E-state index < -0.39 is 6.03 Å². The number of amides is 2. The number of carbonyl (C=O) groups excluding carboxylic acids is 1.